The molecule has 0 aromatic heterocycles. The molecule has 22 heavy (non-hydrogen) atoms. The molecule has 2 aromatic rings. The van der Waals surface area contributed by atoms with Crippen LogP contribution in [0.1, 0.15) is 0 Å². The first kappa shape index (κ1) is 15.4. The summed E-state index contributed by atoms with van der Waals surface area (Å²) in [5.74, 6) is 3.06. The van der Waals surface area contributed by atoms with E-state index in [1.54, 1.807) is 40.3 Å². The van der Waals surface area contributed by atoms with Crippen LogP contribution >= 0.6 is 11.8 Å². The zero-order valence-corrected chi connectivity index (χ0v) is 13.6. The summed E-state index contributed by atoms with van der Waals surface area (Å²) < 4.78 is 32.3. The molecule has 0 N–H and O–H groups in total. The van der Waals surface area contributed by atoms with Crippen molar-refractivity contribution in [2.24, 2.45) is 0 Å². The van der Waals surface area contributed by atoms with Crippen LogP contribution in [0.4, 0.5) is 0 Å². The Morgan fingerprint density at radius 3 is 2.09 bits per heavy atom. The molecule has 1 heterocycles. The minimum atomic E-state index is -3.39. The Kier molecular flexibility index (Phi) is 4.71. The van der Waals surface area contributed by atoms with Gasteiger partial charge in [0.15, 0.2) is 0 Å². The average molecular weight is 335 g/mol. The first-order valence-electron chi connectivity index (χ1n) is 7.07. The number of sulfonamides is 1. The van der Waals surface area contributed by atoms with Gasteiger partial charge < -0.3 is 4.74 Å². The maximum absolute atomic E-state index is 12.5. The van der Waals surface area contributed by atoms with Crippen LogP contribution in [-0.4, -0.2) is 37.3 Å². The normalized spacial score (nSPS) is 16.4. The van der Waals surface area contributed by atoms with Crippen LogP contribution in [0.2, 0.25) is 0 Å². The maximum Gasteiger partial charge on any atom is 0.243 e. The molecule has 0 saturated carbocycles. The third kappa shape index (κ3) is 3.45. The number of benzene rings is 2. The van der Waals surface area contributed by atoms with Gasteiger partial charge in [-0.1, -0.05) is 18.2 Å². The Hall–Kier alpha value is -1.50. The van der Waals surface area contributed by atoms with Crippen molar-refractivity contribution >= 4 is 21.8 Å². The van der Waals surface area contributed by atoms with Gasteiger partial charge in [-0.2, -0.15) is 16.1 Å². The summed E-state index contributed by atoms with van der Waals surface area (Å²) in [6.45, 7) is 1.16. The molecule has 3 rings (SSSR count). The second-order valence-electron chi connectivity index (χ2n) is 4.90. The molecular weight excluding hydrogens is 318 g/mol. The minimum absolute atomic E-state index is 0.319. The summed E-state index contributed by atoms with van der Waals surface area (Å²) in [5.41, 5.74) is 0. The molecule has 1 aliphatic rings. The van der Waals surface area contributed by atoms with Crippen molar-refractivity contribution in [1.82, 2.24) is 4.31 Å². The summed E-state index contributed by atoms with van der Waals surface area (Å²) in [6, 6.07) is 16.0. The third-order valence-corrected chi connectivity index (χ3v) is 6.27. The van der Waals surface area contributed by atoms with E-state index >= 15 is 0 Å². The van der Waals surface area contributed by atoms with E-state index in [9.17, 15) is 8.42 Å². The molecular formula is C16H17NO3S2. The molecule has 0 aliphatic carbocycles. The molecule has 0 spiro atoms. The van der Waals surface area contributed by atoms with Crippen LogP contribution in [0.25, 0.3) is 0 Å². The van der Waals surface area contributed by atoms with E-state index in [4.69, 9.17) is 4.74 Å². The van der Waals surface area contributed by atoms with Gasteiger partial charge in [0.05, 0.1) is 4.90 Å². The minimum Gasteiger partial charge on any atom is -0.457 e. The first-order valence-corrected chi connectivity index (χ1v) is 9.66. The number of ether oxygens (including phenoxy) is 1. The van der Waals surface area contributed by atoms with E-state index in [0.29, 0.717) is 23.7 Å². The molecule has 0 radical (unpaired) electrons. The van der Waals surface area contributed by atoms with Crippen molar-refractivity contribution in [3.63, 3.8) is 0 Å². The highest BCUT2D eigenvalue weighted by Crippen LogP contribution is 2.25. The number of nitrogens with zero attached hydrogens (tertiary/aromatic N) is 1. The van der Waals surface area contributed by atoms with Crippen LogP contribution in [-0.2, 0) is 10.0 Å². The Morgan fingerprint density at radius 1 is 0.864 bits per heavy atom. The van der Waals surface area contributed by atoms with Crippen LogP contribution in [0.3, 0.4) is 0 Å². The standard InChI is InChI=1S/C16H17NO3S2/c18-22(19,17-10-12-21-13-11-17)16-8-6-15(7-9-16)20-14-4-2-1-3-5-14/h1-9H,10-13H2. The lowest BCUT2D eigenvalue weighted by Crippen LogP contribution is -2.37. The van der Waals surface area contributed by atoms with E-state index in [-0.39, 0.29) is 0 Å². The summed E-state index contributed by atoms with van der Waals surface area (Å²) in [6.07, 6.45) is 0. The van der Waals surface area contributed by atoms with Crippen molar-refractivity contribution in [1.29, 1.82) is 0 Å². The predicted molar refractivity (Wildman–Crippen MR) is 89.0 cm³/mol. The smallest absolute Gasteiger partial charge is 0.243 e. The van der Waals surface area contributed by atoms with E-state index < -0.39 is 10.0 Å². The van der Waals surface area contributed by atoms with Gasteiger partial charge in [0, 0.05) is 24.6 Å². The Bertz CT molecular complexity index is 709. The molecule has 6 heteroatoms. The monoisotopic (exact) mass is 335 g/mol. The number of hydrogen-bond acceptors (Lipinski definition) is 4. The van der Waals surface area contributed by atoms with Gasteiger partial charge in [0.2, 0.25) is 10.0 Å². The zero-order chi connectivity index (χ0) is 15.4. The van der Waals surface area contributed by atoms with Crippen molar-refractivity contribution in [3.8, 4) is 11.5 Å². The van der Waals surface area contributed by atoms with Gasteiger partial charge in [-0.05, 0) is 36.4 Å². The van der Waals surface area contributed by atoms with Gasteiger partial charge in [-0.3, -0.25) is 0 Å². The second kappa shape index (κ2) is 6.73. The number of thioether (sulfide) groups is 1. The second-order valence-corrected chi connectivity index (χ2v) is 8.07. The summed E-state index contributed by atoms with van der Waals surface area (Å²) >= 11 is 1.79. The van der Waals surface area contributed by atoms with Crippen molar-refractivity contribution in [2.75, 3.05) is 24.6 Å². The zero-order valence-electron chi connectivity index (χ0n) is 12.0. The van der Waals surface area contributed by atoms with E-state index in [2.05, 4.69) is 0 Å². The Morgan fingerprint density at radius 2 is 1.45 bits per heavy atom. The molecule has 0 atom stereocenters. The topological polar surface area (TPSA) is 46.6 Å². The van der Waals surface area contributed by atoms with Gasteiger partial charge >= 0.3 is 0 Å². The van der Waals surface area contributed by atoms with Crippen molar-refractivity contribution < 1.29 is 13.2 Å². The summed E-state index contributed by atoms with van der Waals surface area (Å²) in [7, 11) is -3.39. The molecule has 116 valence electrons. The molecule has 4 nitrogen and oxygen atoms in total. The molecule has 1 aliphatic heterocycles. The third-order valence-electron chi connectivity index (χ3n) is 3.41. The van der Waals surface area contributed by atoms with Crippen LogP contribution < -0.4 is 4.74 Å². The van der Waals surface area contributed by atoms with Crippen molar-refractivity contribution in [2.45, 2.75) is 4.90 Å². The SMILES string of the molecule is O=S(=O)(c1ccc(Oc2ccccc2)cc1)N1CCSCC1. The number of rotatable bonds is 4. The largest absolute Gasteiger partial charge is 0.457 e. The van der Waals surface area contributed by atoms with Gasteiger partial charge in [0.25, 0.3) is 0 Å². The van der Waals surface area contributed by atoms with Crippen LogP contribution in [0.15, 0.2) is 59.5 Å². The van der Waals surface area contributed by atoms with Crippen molar-refractivity contribution in [3.05, 3.63) is 54.6 Å². The van der Waals surface area contributed by atoms with Gasteiger partial charge in [0.1, 0.15) is 11.5 Å². The molecule has 0 bridgehead atoms. The quantitative estimate of drug-likeness (QED) is 0.861. The van der Waals surface area contributed by atoms with Gasteiger partial charge in [-0.15, -0.1) is 0 Å². The fourth-order valence-corrected chi connectivity index (χ4v) is 4.82. The highest BCUT2D eigenvalue weighted by molar-refractivity contribution is 7.99. The number of para-hydroxylation sites is 1. The van der Waals surface area contributed by atoms with E-state index in [1.165, 1.54) is 0 Å². The van der Waals surface area contributed by atoms with E-state index in [1.807, 2.05) is 30.3 Å². The average Bonchev–Trinajstić information content (AvgIpc) is 2.57. The fourth-order valence-electron chi connectivity index (χ4n) is 2.24. The van der Waals surface area contributed by atoms with Crippen LogP contribution in [0.5, 0.6) is 11.5 Å². The molecule has 2 aromatic carbocycles. The fraction of sp³-hybridized carbons (Fsp3) is 0.250. The highest BCUT2D eigenvalue weighted by atomic mass is 32.2. The Balaban J connectivity index is 1.76. The first-order chi connectivity index (χ1) is 10.7. The van der Waals surface area contributed by atoms with E-state index in [0.717, 1.165) is 17.3 Å². The molecule has 0 amide bonds. The Labute approximate surface area is 135 Å². The molecule has 1 fully saturated rings. The lowest BCUT2D eigenvalue weighted by atomic mass is 10.3. The highest BCUT2D eigenvalue weighted by Gasteiger charge is 2.25. The molecule has 0 unspecified atom stereocenters. The summed E-state index contributed by atoms with van der Waals surface area (Å²) in [5, 5.41) is 0. The van der Waals surface area contributed by atoms with Gasteiger partial charge in [-0.25, -0.2) is 8.42 Å². The predicted octanol–water partition coefficient (Wildman–Crippen LogP) is 3.22. The lowest BCUT2D eigenvalue weighted by molar-refractivity contribution is 0.443. The number of hydrogen-bond donors (Lipinski definition) is 0. The maximum atomic E-state index is 12.5. The lowest BCUT2D eigenvalue weighted by Gasteiger charge is -2.25. The summed E-state index contributed by atoms with van der Waals surface area (Å²) in [4.78, 5) is 0.319. The van der Waals surface area contributed by atoms with Crippen LogP contribution in [0, 0.1) is 0 Å². The molecule has 1 saturated heterocycles.